The Morgan fingerprint density at radius 1 is 1.03 bits per heavy atom. The van der Waals surface area contributed by atoms with Gasteiger partial charge in [-0.2, -0.15) is 15.3 Å². The number of hydrogen-bond donors (Lipinski definition) is 1. The van der Waals surface area contributed by atoms with Gasteiger partial charge in [-0.15, -0.1) is 10.2 Å². The number of aryl methyl sites for hydroxylation is 2. The van der Waals surface area contributed by atoms with E-state index in [9.17, 15) is 4.39 Å². The molecule has 1 aromatic carbocycles. The molecule has 0 unspecified atom stereocenters. The maximum absolute atomic E-state index is 14.0. The van der Waals surface area contributed by atoms with E-state index < -0.39 is 0 Å². The highest BCUT2D eigenvalue weighted by Crippen LogP contribution is 2.27. The van der Waals surface area contributed by atoms with Crippen molar-refractivity contribution in [1.82, 2.24) is 39.5 Å². The monoisotopic (exact) mass is 483 g/mol. The van der Waals surface area contributed by atoms with Crippen LogP contribution in [0.3, 0.4) is 0 Å². The number of nitrogens with zero attached hydrogens (tertiary/aromatic N) is 8. The average Bonchev–Trinajstić information content (AvgIpc) is 3.55. The summed E-state index contributed by atoms with van der Waals surface area (Å²) in [5, 5.41) is 26.6. The van der Waals surface area contributed by atoms with Gasteiger partial charge in [-0.1, -0.05) is 29.0 Å². The number of nitrogens with one attached hydrogen (secondary N) is 1. The summed E-state index contributed by atoms with van der Waals surface area (Å²) in [6, 6.07) is 10.3. The smallest absolute Gasteiger partial charge is 0.211 e. The first kappa shape index (κ1) is 21.3. The maximum atomic E-state index is 14.0. The van der Waals surface area contributed by atoms with Crippen LogP contribution in [0.5, 0.6) is 0 Å². The molecular formula is C21H19ClFN9S. The van der Waals surface area contributed by atoms with E-state index in [2.05, 4.69) is 30.8 Å². The Hall–Kier alpha value is -3.57. The first-order valence-corrected chi connectivity index (χ1v) is 11.3. The highest BCUT2D eigenvalue weighted by molar-refractivity contribution is 7.18. The summed E-state index contributed by atoms with van der Waals surface area (Å²) >= 11 is 7.47. The molecule has 0 bridgehead atoms. The molecule has 0 aliphatic carbocycles. The molecule has 0 saturated carbocycles. The second kappa shape index (κ2) is 8.75. The van der Waals surface area contributed by atoms with Crippen molar-refractivity contribution < 1.29 is 4.39 Å². The molecule has 0 radical (unpaired) electrons. The summed E-state index contributed by atoms with van der Waals surface area (Å²) < 4.78 is 19.3. The van der Waals surface area contributed by atoms with Gasteiger partial charge in [0.05, 0.1) is 12.2 Å². The Kier molecular flexibility index (Phi) is 5.65. The number of anilines is 2. The minimum absolute atomic E-state index is 0.223. The fourth-order valence-electron chi connectivity index (χ4n) is 3.36. The van der Waals surface area contributed by atoms with Crippen LogP contribution in [0.4, 0.5) is 15.3 Å². The van der Waals surface area contributed by atoms with Gasteiger partial charge in [-0.05, 0) is 38.1 Å². The Morgan fingerprint density at radius 3 is 2.67 bits per heavy atom. The highest BCUT2D eigenvalue weighted by atomic mass is 35.5. The highest BCUT2D eigenvalue weighted by Gasteiger charge is 2.13. The molecule has 0 fully saturated rings. The van der Waals surface area contributed by atoms with Gasteiger partial charge in [0, 0.05) is 34.7 Å². The quantitative estimate of drug-likeness (QED) is 0.366. The van der Waals surface area contributed by atoms with Gasteiger partial charge in [0.1, 0.15) is 18.2 Å². The lowest BCUT2D eigenvalue weighted by Gasteiger charge is -2.05. The third-order valence-electron chi connectivity index (χ3n) is 4.92. The van der Waals surface area contributed by atoms with Crippen molar-refractivity contribution in [2.45, 2.75) is 27.1 Å². The first-order chi connectivity index (χ1) is 15.9. The largest absolute Gasteiger partial charge is 0.313 e. The van der Waals surface area contributed by atoms with Crippen molar-refractivity contribution in [1.29, 1.82) is 0 Å². The molecule has 0 aliphatic rings. The zero-order valence-electron chi connectivity index (χ0n) is 17.8. The third kappa shape index (κ3) is 4.64. The van der Waals surface area contributed by atoms with Crippen molar-refractivity contribution in [2.24, 2.45) is 0 Å². The molecule has 4 heterocycles. The average molecular weight is 484 g/mol. The SMILES string of the molecule is Cc1cc(C)n(Cn2ccc(-c3nnc(Nc4ccn(Cc5c(F)cccc5Cl)n4)s3)n2)n1. The van der Waals surface area contributed by atoms with Gasteiger partial charge in [0.2, 0.25) is 5.13 Å². The molecule has 0 saturated heterocycles. The molecule has 33 heavy (non-hydrogen) atoms. The van der Waals surface area contributed by atoms with Crippen LogP contribution in [0.2, 0.25) is 5.02 Å². The Labute approximate surface area is 197 Å². The lowest BCUT2D eigenvalue weighted by Crippen LogP contribution is -2.11. The van der Waals surface area contributed by atoms with Crippen LogP contribution in [0.25, 0.3) is 10.7 Å². The van der Waals surface area contributed by atoms with Crippen molar-refractivity contribution in [3.63, 3.8) is 0 Å². The predicted octanol–water partition coefficient (Wildman–Crippen LogP) is 4.50. The summed E-state index contributed by atoms with van der Waals surface area (Å²) in [6.45, 7) is 4.72. The fraction of sp³-hybridized carbons (Fsp3) is 0.190. The molecule has 9 nitrogen and oxygen atoms in total. The third-order valence-corrected chi connectivity index (χ3v) is 6.14. The van der Waals surface area contributed by atoms with Crippen LogP contribution in [0, 0.1) is 19.7 Å². The van der Waals surface area contributed by atoms with E-state index in [-0.39, 0.29) is 12.4 Å². The molecule has 12 heteroatoms. The van der Waals surface area contributed by atoms with E-state index in [4.69, 9.17) is 11.6 Å². The Bertz CT molecular complexity index is 1400. The molecule has 4 aromatic heterocycles. The summed E-state index contributed by atoms with van der Waals surface area (Å²) in [7, 11) is 0. The predicted molar refractivity (Wildman–Crippen MR) is 124 cm³/mol. The normalized spacial score (nSPS) is 11.3. The van der Waals surface area contributed by atoms with Gasteiger partial charge in [-0.25, -0.2) is 9.07 Å². The molecule has 0 amide bonds. The molecule has 168 valence electrons. The Balaban J connectivity index is 1.26. The van der Waals surface area contributed by atoms with Gasteiger partial charge < -0.3 is 5.32 Å². The Morgan fingerprint density at radius 2 is 1.88 bits per heavy atom. The minimum atomic E-state index is -0.362. The van der Waals surface area contributed by atoms with E-state index in [1.54, 1.807) is 33.8 Å². The van der Waals surface area contributed by atoms with Crippen LogP contribution >= 0.6 is 22.9 Å². The van der Waals surface area contributed by atoms with Gasteiger partial charge in [0.25, 0.3) is 0 Å². The molecule has 0 atom stereocenters. The zero-order valence-corrected chi connectivity index (χ0v) is 19.3. The van der Waals surface area contributed by atoms with Crippen LogP contribution in [0.15, 0.2) is 48.8 Å². The van der Waals surface area contributed by atoms with E-state index >= 15 is 0 Å². The van der Waals surface area contributed by atoms with E-state index in [0.717, 1.165) is 17.1 Å². The molecule has 0 spiro atoms. The van der Waals surface area contributed by atoms with Crippen molar-refractivity contribution in [3.8, 4) is 10.7 Å². The summed E-state index contributed by atoms with van der Waals surface area (Å²) in [4.78, 5) is 0. The number of aromatic nitrogens is 8. The second-order valence-corrected chi connectivity index (χ2v) is 8.83. The summed E-state index contributed by atoms with van der Waals surface area (Å²) in [5.41, 5.74) is 3.16. The number of halogens is 2. The maximum Gasteiger partial charge on any atom is 0.211 e. The van der Waals surface area contributed by atoms with Crippen molar-refractivity contribution in [3.05, 3.63) is 76.6 Å². The summed E-state index contributed by atoms with van der Waals surface area (Å²) in [6.07, 6.45) is 3.63. The van der Waals surface area contributed by atoms with Gasteiger partial charge in [-0.3, -0.25) is 9.36 Å². The van der Waals surface area contributed by atoms with Crippen molar-refractivity contribution in [2.75, 3.05) is 5.32 Å². The number of hydrogen-bond acceptors (Lipinski definition) is 7. The molecule has 0 aliphatic heterocycles. The van der Waals surface area contributed by atoms with E-state index in [1.807, 2.05) is 36.9 Å². The molecule has 1 N–H and O–H groups in total. The minimum Gasteiger partial charge on any atom is -0.313 e. The van der Waals surface area contributed by atoms with E-state index in [1.165, 1.54) is 17.4 Å². The van der Waals surface area contributed by atoms with Gasteiger partial charge >= 0.3 is 0 Å². The molecule has 5 aromatic rings. The fourth-order valence-corrected chi connectivity index (χ4v) is 4.30. The van der Waals surface area contributed by atoms with E-state index in [0.29, 0.717) is 33.2 Å². The lowest BCUT2D eigenvalue weighted by molar-refractivity contribution is 0.492. The van der Waals surface area contributed by atoms with Crippen LogP contribution in [0.1, 0.15) is 17.0 Å². The lowest BCUT2D eigenvalue weighted by atomic mass is 10.2. The molecule has 5 rings (SSSR count). The second-order valence-electron chi connectivity index (χ2n) is 7.44. The van der Waals surface area contributed by atoms with Crippen LogP contribution < -0.4 is 5.32 Å². The van der Waals surface area contributed by atoms with Crippen LogP contribution in [-0.4, -0.2) is 39.5 Å². The number of benzene rings is 1. The summed E-state index contributed by atoms with van der Waals surface area (Å²) in [5.74, 6) is 0.207. The van der Waals surface area contributed by atoms with Gasteiger partial charge in [0.15, 0.2) is 10.8 Å². The van der Waals surface area contributed by atoms with Crippen LogP contribution in [-0.2, 0) is 13.2 Å². The topological polar surface area (TPSA) is 91.3 Å². The number of rotatable bonds is 7. The first-order valence-electron chi connectivity index (χ1n) is 10.1. The van der Waals surface area contributed by atoms with Crippen molar-refractivity contribution >= 4 is 33.9 Å². The zero-order chi connectivity index (χ0) is 22.9. The molecular weight excluding hydrogens is 465 g/mol. The standard InChI is InChI=1S/C21H19ClFN9S/c1-13-10-14(2)32(27-13)12-31-8-6-18(28-31)20-25-26-21(33-20)24-19-7-9-30(29-19)11-15-16(22)4-3-5-17(15)23/h3-10H,11-12H2,1-2H3,(H,24,26,29).